The van der Waals surface area contributed by atoms with E-state index in [0.717, 1.165) is 12.5 Å². The topological polar surface area (TPSA) is 83.8 Å². The maximum atomic E-state index is 10.6. The van der Waals surface area contributed by atoms with E-state index >= 15 is 0 Å². The number of carbonyl (C=O) groups is 2. The number of benzene rings is 1. The minimum absolute atomic E-state index is 0.0127. The highest BCUT2D eigenvalue weighted by Crippen LogP contribution is 2.25. The largest absolute Gasteiger partial charge is 0.481 e. The van der Waals surface area contributed by atoms with E-state index in [9.17, 15) is 4.79 Å². The Hall–Kier alpha value is -2.30. The van der Waals surface area contributed by atoms with Crippen LogP contribution in [-0.4, -0.2) is 22.2 Å². The lowest BCUT2D eigenvalue weighted by Crippen LogP contribution is -2.12. The lowest BCUT2D eigenvalue weighted by molar-refractivity contribution is -0.135. The van der Waals surface area contributed by atoms with Gasteiger partial charge in [0.2, 0.25) is 5.76 Å². The van der Waals surface area contributed by atoms with Crippen molar-refractivity contribution >= 4 is 11.9 Å². The summed E-state index contributed by atoms with van der Waals surface area (Å²) in [6, 6.07) is 7.42. The van der Waals surface area contributed by atoms with Crippen molar-refractivity contribution in [3.63, 3.8) is 0 Å². The van der Waals surface area contributed by atoms with Crippen LogP contribution in [0.5, 0.6) is 5.75 Å². The molecule has 0 unspecified atom stereocenters. The van der Waals surface area contributed by atoms with Gasteiger partial charge in [-0.3, -0.25) is 4.79 Å². The summed E-state index contributed by atoms with van der Waals surface area (Å²) in [6.45, 7) is 1.08. The van der Waals surface area contributed by atoms with Crippen LogP contribution in [0.25, 0.3) is 0 Å². The zero-order chi connectivity index (χ0) is 12.8. The van der Waals surface area contributed by atoms with Crippen LogP contribution in [0.1, 0.15) is 12.5 Å². The van der Waals surface area contributed by atoms with Gasteiger partial charge >= 0.3 is 5.97 Å². The summed E-state index contributed by atoms with van der Waals surface area (Å²) in [4.78, 5) is 19.6. The molecule has 5 nitrogen and oxygen atoms in total. The third-order valence-electron chi connectivity index (χ3n) is 1.91. The maximum absolute atomic E-state index is 10.6. The molecule has 0 atom stereocenters. The van der Waals surface area contributed by atoms with E-state index in [4.69, 9.17) is 19.7 Å². The van der Waals surface area contributed by atoms with E-state index in [-0.39, 0.29) is 5.76 Å². The van der Waals surface area contributed by atoms with Crippen LogP contribution in [0.4, 0.5) is 0 Å². The number of hydrogen-bond acceptors (Lipinski definition) is 3. The standard InChI is InChI=1S/C10H8O3.C2H4O2/c11-10(12)9-6-5-7-3-1-2-4-8(7)13-9;1-2(3)4/h1-4,6H,5H2,(H,11,12);1H3,(H,3,4). The number of hydrogen-bond donors (Lipinski definition) is 2. The summed E-state index contributed by atoms with van der Waals surface area (Å²) < 4.78 is 5.15. The zero-order valence-corrected chi connectivity index (χ0v) is 9.21. The first-order valence-corrected chi connectivity index (χ1v) is 4.89. The average molecular weight is 236 g/mol. The molecule has 1 heterocycles. The fourth-order valence-electron chi connectivity index (χ4n) is 1.27. The lowest BCUT2D eigenvalue weighted by atomic mass is 10.1. The molecule has 0 amide bonds. The third kappa shape index (κ3) is 3.98. The highest BCUT2D eigenvalue weighted by Gasteiger charge is 2.16. The Labute approximate surface area is 98.0 Å². The summed E-state index contributed by atoms with van der Waals surface area (Å²) in [6.07, 6.45) is 2.20. The van der Waals surface area contributed by atoms with Crippen LogP contribution in [-0.2, 0) is 16.0 Å². The molecule has 0 aromatic heterocycles. The molecule has 17 heavy (non-hydrogen) atoms. The Kier molecular flexibility index (Phi) is 4.28. The molecule has 1 aromatic carbocycles. The fraction of sp³-hybridized carbons (Fsp3) is 0.167. The Balaban J connectivity index is 0.000000317. The molecular formula is C12H12O5. The molecule has 1 aliphatic heterocycles. The van der Waals surface area contributed by atoms with Gasteiger partial charge in [0.1, 0.15) is 5.75 Å². The van der Waals surface area contributed by atoms with Gasteiger partial charge in [-0.15, -0.1) is 0 Å². The van der Waals surface area contributed by atoms with Crippen LogP contribution in [0.15, 0.2) is 36.1 Å². The van der Waals surface area contributed by atoms with Crippen molar-refractivity contribution in [1.82, 2.24) is 0 Å². The Morgan fingerprint density at radius 3 is 2.41 bits per heavy atom. The normalized spacial score (nSPS) is 12.2. The van der Waals surface area contributed by atoms with Crippen molar-refractivity contribution in [2.45, 2.75) is 13.3 Å². The summed E-state index contributed by atoms with van der Waals surface area (Å²) in [5.74, 6) is -1.20. The minimum Gasteiger partial charge on any atom is -0.481 e. The van der Waals surface area contributed by atoms with Gasteiger partial charge in [0, 0.05) is 6.92 Å². The Bertz CT molecular complexity index is 458. The third-order valence-corrected chi connectivity index (χ3v) is 1.91. The van der Waals surface area contributed by atoms with E-state index in [1.54, 1.807) is 12.1 Å². The first-order valence-electron chi connectivity index (χ1n) is 4.89. The SMILES string of the molecule is CC(=O)O.O=C(O)C1=CCc2ccccc2O1. The molecule has 2 rings (SSSR count). The molecular weight excluding hydrogens is 224 g/mol. The second kappa shape index (κ2) is 5.69. The van der Waals surface area contributed by atoms with E-state index in [1.165, 1.54) is 0 Å². The molecule has 5 heteroatoms. The highest BCUT2D eigenvalue weighted by atomic mass is 16.5. The summed E-state index contributed by atoms with van der Waals surface area (Å²) in [7, 11) is 0. The van der Waals surface area contributed by atoms with E-state index in [2.05, 4.69) is 0 Å². The number of para-hydroxylation sites is 1. The van der Waals surface area contributed by atoms with Crippen molar-refractivity contribution in [2.75, 3.05) is 0 Å². The molecule has 0 fully saturated rings. The van der Waals surface area contributed by atoms with E-state index in [1.807, 2.05) is 18.2 Å². The molecule has 90 valence electrons. The van der Waals surface area contributed by atoms with Crippen LogP contribution in [0.3, 0.4) is 0 Å². The van der Waals surface area contributed by atoms with Crippen molar-refractivity contribution < 1.29 is 24.5 Å². The number of aliphatic carboxylic acids is 2. The smallest absolute Gasteiger partial charge is 0.371 e. The van der Waals surface area contributed by atoms with Gasteiger partial charge in [0.25, 0.3) is 5.97 Å². The highest BCUT2D eigenvalue weighted by molar-refractivity contribution is 5.85. The Morgan fingerprint density at radius 1 is 1.24 bits per heavy atom. The van der Waals surface area contributed by atoms with Crippen LogP contribution >= 0.6 is 0 Å². The molecule has 0 aliphatic carbocycles. The second-order valence-electron chi connectivity index (χ2n) is 3.31. The molecule has 2 N–H and O–H groups in total. The number of rotatable bonds is 1. The van der Waals surface area contributed by atoms with Crippen molar-refractivity contribution in [2.24, 2.45) is 0 Å². The number of ether oxygens (including phenoxy) is 1. The molecule has 1 aromatic rings. The van der Waals surface area contributed by atoms with Gasteiger partial charge in [0.05, 0.1) is 0 Å². The van der Waals surface area contributed by atoms with Crippen molar-refractivity contribution in [1.29, 1.82) is 0 Å². The average Bonchev–Trinajstić information content (AvgIpc) is 2.27. The number of carboxylic acids is 2. The monoisotopic (exact) mass is 236 g/mol. The van der Waals surface area contributed by atoms with Gasteiger partial charge in [-0.2, -0.15) is 0 Å². The minimum atomic E-state index is -1.02. The van der Waals surface area contributed by atoms with Gasteiger partial charge in [-0.05, 0) is 24.1 Å². The number of allylic oxidation sites excluding steroid dienone is 1. The first-order chi connectivity index (χ1) is 8.00. The van der Waals surface area contributed by atoms with Crippen LogP contribution in [0, 0.1) is 0 Å². The quantitative estimate of drug-likeness (QED) is 0.775. The molecule has 0 saturated carbocycles. The van der Waals surface area contributed by atoms with Crippen LogP contribution in [0.2, 0.25) is 0 Å². The predicted octanol–water partition coefficient (Wildman–Crippen LogP) is 1.68. The maximum Gasteiger partial charge on any atom is 0.371 e. The number of carboxylic acid groups (broad SMARTS) is 2. The Morgan fingerprint density at radius 2 is 1.82 bits per heavy atom. The van der Waals surface area contributed by atoms with Gasteiger partial charge in [0.15, 0.2) is 0 Å². The van der Waals surface area contributed by atoms with E-state index < -0.39 is 11.9 Å². The summed E-state index contributed by atoms with van der Waals surface area (Å²) >= 11 is 0. The van der Waals surface area contributed by atoms with Gasteiger partial charge in [-0.1, -0.05) is 18.2 Å². The molecule has 0 radical (unpaired) electrons. The van der Waals surface area contributed by atoms with Crippen molar-refractivity contribution in [3.8, 4) is 5.75 Å². The van der Waals surface area contributed by atoms with Crippen molar-refractivity contribution in [3.05, 3.63) is 41.7 Å². The van der Waals surface area contributed by atoms with Gasteiger partial charge in [-0.25, -0.2) is 4.79 Å². The van der Waals surface area contributed by atoms with Crippen LogP contribution < -0.4 is 4.74 Å². The molecule has 0 saturated heterocycles. The molecule has 0 spiro atoms. The predicted molar refractivity (Wildman–Crippen MR) is 59.8 cm³/mol. The van der Waals surface area contributed by atoms with Gasteiger partial charge < -0.3 is 14.9 Å². The summed E-state index contributed by atoms with van der Waals surface area (Å²) in [5, 5.41) is 16.1. The second-order valence-corrected chi connectivity index (χ2v) is 3.31. The summed E-state index contributed by atoms with van der Waals surface area (Å²) in [5.41, 5.74) is 1.02. The molecule has 1 aliphatic rings. The lowest BCUT2D eigenvalue weighted by Gasteiger charge is -2.14. The number of fused-ring (bicyclic) bond motifs is 1. The fourth-order valence-corrected chi connectivity index (χ4v) is 1.27. The van der Waals surface area contributed by atoms with E-state index in [0.29, 0.717) is 12.2 Å². The molecule has 0 bridgehead atoms. The zero-order valence-electron chi connectivity index (χ0n) is 9.21. The first kappa shape index (κ1) is 12.8.